The fourth-order valence-electron chi connectivity index (χ4n) is 2.82. The van der Waals surface area contributed by atoms with Gasteiger partial charge in [-0.15, -0.1) is 0 Å². The average Bonchev–Trinajstić information content (AvgIpc) is 2.57. The molecule has 0 radical (unpaired) electrons. The van der Waals surface area contributed by atoms with Gasteiger partial charge in [-0.2, -0.15) is 4.98 Å². The van der Waals surface area contributed by atoms with Crippen LogP contribution in [0.25, 0.3) is 10.9 Å². The first-order valence-corrected chi connectivity index (χ1v) is 9.35. The molecule has 2 atom stereocenters. The molecule has 1 aliphatic heterocycles. The number of pyridine rings is 1. The molecular formula is C15H18ClFN4O3S. The second-order valence-corrected chi connectivity index (χ2v) is 7.25. The summed E-state index contributed by atoms with van der Waals surface area (Å²) in [5.41, 5.74) is -1.70. The average molecular weight is 389 g/mol. The summed E-state index contributed by atoms with van der Waals surface area (Å²) in [6.45, 7) is 2.53. The van der Waals surface area contributed by atoms with Gasteiger partial charge in [-0.3, -0.25) is 4.79 Å². The van der Waals surface area contributed by atoms with Crippen LogP contribution in [0.2, 0.25) is 5.15 Å². The summed E-state index contributed by atoms with van der Waals surface area (Å²) in [7, 11) is 0. The van der Waals surface area contributed by atoms with Crippen molar-refractivity contribution < 1.29 is 14.2 Å². The fourth-order valence-corrected chi connectivity index (χ4v) is 3.36. The van der Waals surface area contributed by atoms with E-state index in [0.717, 1.165) is 13.0 Å². The minimum atomic E-state index is -0.950. The number of hydrogen-bond acceptors (Lipinski definition) is 7. The predicted molar refractivity (Wildman–Crippen MR) is 94.1 cm³/mol. The van der Waals surface area contributed by atoms with E-state index in [9.17, 15) is 14.3 Å². The summed E-state index contributed by atoms with van der Waals surface area (Å²) >= 11 is 7.00. The summed E-state index contributed by atoms with van der Waals surface area (Å²) in [5.74, 6) is -0.973. The van der Waals surface area contributed by atoms with E-state index in [-0.39, 0.29) is 34.6 Å². The van der Waals surface area contributed by atoms with Crippen molar-refractivity contribution in [3.05, 3.63) is 21.3 Å². The molecule has 2 unspecified atom stereocenters. The number of nitrogens with one attached hydrogen (secondary N) is 2. The van der Waals surface area contributed by atoms with Crippen LogP contribution in [0.15, 0.2) is 9.95 Å². The lowest BCUT2D eigenvalue weighted by Gasteiger charge is -2.37. The zero-order valence-electron chi connectivity index (χ0n) is 13.7. The van der Waals surface area contributed by atoms with Crippen LogP contribution in [0.3, 0.4) is 0 Å². The number of halogens is 2. The van der Waals surface area contributed by atoms with Crippen LogP contribution in [0.5, 0.6) is 5.88 Å². The number of rotatable bonds is 4. The molecular weight excluding hydrogens is 371 g/mol. The van der Waals surface area contributed by atoms with E-state index < -0.39 is 22.1 Å². The number of aromatic amines is 1. The van der Waals surface area contributed by atoms with E-state index in [4.69, 9.17) is 16.3 Å². The summed E-state index contributed by atoms with van der Waals surface area (Å²) in [4.78, 5) is 22.8. The van der Waals surface area contributed by atoms with Gasteiger partial charge < -0.3 is 20.1 Å². The van der Waals surface area contributed by atoms with Crippen LogP contribution in [-0.4, -0.2) is 51.1 Å². The van der Waals surface area contributed by atoms with E-state index in [0.29, 0.717) is 6.42 Å². The van der Waals surface area contributed by atoms with Gasteiger partial charge in [0.2, 0.25) is 5.88 Å². The highest BCUT2D eigenvalue weighted by Gasteiger charge is 2.35. The van der Waals surface area contributed by atoms with Gasteiger partial charge >= 0.3 is 0 Å². The minimum absolute atomic E-state index is 0.0563. The molecule has 0 spiro atoms. The Morgan fingerprint density at radius 2 is 2.28 bits per heavy atom. The zero-order valence-corrected chi connectivity index (χ0v) is 15.3. The molecule has 3 heterocycles. The van der Waals surface area contributed by atoms with Crippen LogP contribution in [0.1, 0.15) is 19.8 Å². The molecule has 0 bridgehead atoms. The van der Waals surface area contributed by atoms with Crippen LogP contribution in [-0.2, 0) is 0 Å². The highest BCUT2D eigenvalue weighted by Crippen LogP contribution is 2.28. The van der Waals surface area contributed by atoms with E-state index in [2.05, 4.69) is 20.3 Å². The maximum absolute atomic E-state index is 14.3. The molecule has 0 aromatic carbocycles. The van der Waals surface area contributed by atoms with Gasteiger partial charge in [0, 0.05) is 0 Å². The molecule has 3 rings (SSSR count). The van der Waals surface area contributed by atoms with E-state index in [1.165, 1.54) is 11.8 Å². The molecule has 0 saturated carbocycles. The van der Waals surface area contributed by atoms with E-state index >= 15 is 0 Å². The number of nitrogens with zero attached hydrogens (tertiary/aromatic N) is 2. The first-order chi connectivity index (χ1) is 11.8. The third-order valence-corrected chi connectivity index (χ3v) is 5.11. The molecule has 10 heteroatoms. The number of ether oxygens (including phenoxy) is 1. The minimum Gasteiger partial charge on any atom is -0.475 e. The molecule has 0 amide bonds. The highest BCUT2D eigenvalue weighted by molar-refractivity contribution is 7.98. The van der Waals surface area contributed by atoms with Crippen molar-refractivity contribution in [3.8, 4) is 5.88 Å². The molecule has 7 nitrogen and oxygen atoms in total. The van der Waals surface area contributed by atoms with Crippen molar-refractivity contribution in [1.82, 2.24) is 20.3 Å². The Morgan fingerprint density at radius 1 is 1.52 bits per heavy atom. The molecule has 2 aromatic rings. The lowest BCUT2D eigenvalue weighted by molar-refractivity contribution is -0.0213. The van der Waals surface area contributed by atoms with Gasteiger partial charge in [0.25, 0.3) is 5.56 Å². The van der Waals surface area contributed by atoms with Gasteiger partial charge in [0.15, 0.2) is 16.1 Å². The topological polar surface area (TPSA) is 100 Å². The van der Waals surface area contributed by atoms with Crippen LogP contribution >= 0.6 is 23.4 Å². The number of aliphatic hydroxyl groups is 1. The Hall–Kier alpha value is -1.42. The van der Waals surface area contributed by atoms with Crippen LogP contribution in [0.4, 0.5) is 4.39 Å². The van der Waals surface area contributed by atoms with Gasteiger partial charge in [0.1, 0.15) is 17.5 Å². The fraction of sp³-hybridized carbons (Fsp3) is 0.533. The van der Waals surface area contributed by atoms with Gasteiger partial charge in [0.05, 0.1) is 11.6 Å². The Kier molecular flexibility index (Phi) is 5.19. The largest absolute Gasteiger partial charge is 0.475 e. The number of aromatic nitrogens is 3. The van der Waals surface area contributed by atoms with Gasteiger partial charge in [-0.1, -0.05) is 23.4 Å². The van der Waals surface area contributed by atoms with Crippen LogP contribution in [0, 0.1) is 5.82 Å². The summed E-state index contributed by atoms with van der Waals surface area (Å²) in [5, 5.41) is 13.3. The number of piperidine rings is 1. The van der Waals surface area contributed by atoms with Gasteiger partial charge in [-0.05, 0) is 32.6 Å². The summed E-state index contributed by atoms with van der Waals surface area (Å²) in [6.07, 6.45) is 3.19. The Morgan fingerprint density at radius 3 is 2.96 bits per heavy atom. The molecule has 1 saturated heterocycles. The van der Waals surface area contributed by atoms with Crippen molar-refractivity contribution >= 4 is 34.3 Å². The number of thioether (sulfide) groups is 1. The predicted octanol–water partition coefficient (Wildman–Crippen LogP) is 1.71. The Balaban J connectivity index is 1.99. The van der Waals surface area contributed by atoms with Crippen LogP contribution < -0.4 is 15.6 Å². The quantitative estimate of drug-likeness (QED) is 0.416. The molecule has 1 fully saturated rings. The molecule has 0 aliphatic carbocycles. The molecule has 1 aliphatic rings. The smallest absolute Gasteiger partial charge is 0.265 e. The third-order valence-electron chi connectivity index (χ3n) is 4.28. The lowest BCUT2D eigenvalue weighted by atomic mass is 9.88. The van der Waals surface area contributed by atoms with Gasteiger partial charge in [-0.25, -0.2) is 9.37 Å². The number of H-pyrrole nitrogens is 1. The summed E-state index contributed by atoms with van der Waals surface area (Å²) in [6, 6.07) is -0.348. The zero-order chi connectivity index (χ0) is 18.2. The SMILES string of the molecule is CSc1nc2c(F)c(Cl)nc(OCC3NCCCC3(C)O)c2c(=O)[nH]1. The monoisotopic (exact) mass is 388 g/mol. The Labute approximate surface area is 152 Å². The molecule has 25 heavy (non-hydrogen) atoms. The maximum Gasteiger partial charge on any atom is 0.265 e. The first kappa shape index (κ1) is 18.4. The lowest BCUT2D eigenvalue weighted by Crippen LogP contribution is -2.55. The maximum atomic E-state index is 14.3. The van der Waals surface area contributed by atoms with Crippen molar-refractivity contribution in [2.75, 3.05) is 19.4 Å². The Bertz CT molecular complexity index is 861. The number of hydrogen-bond donors (Lipinski definition) is 3. The highest BCUT2D eigenvalue weighted by atomic mass is 35.5. The normalized spacial score (nSPS) is 23.8. The van der Waals surface area contributed by atoms with Crippen molar-refractivity contribution in [1.29, 1.82) is 0 Å². The first-order valence-electron chi connectivity index (χ1n) is 7.75. The second kappa shape index (κ2) is 7.06. The van der Waals surface area contributed by atoms with Crippen molar-refractivity contribution in [2.45, 2.75) is 36.6 Å². The third kappa shape index (κ3) is 3.59. The molecule has 2 aromatic heterocycles. The molecule has 136 valence electrons. The van der Waals surface area contributed by atoms with E-state index in [1.807, 2.05) is 0 Å². The van der Waals surface area contributed by atoms with Crippen molar-refractivity contribution in [2.24, 2.45) is 0 Å². The summed E-state index contributed by atoms with van der Waals surface area (Å²) < 4.78 is 19.9. The van der Waals surface area contributed by atoms with Crippen molar-refractivity contribution in [3.63, 3.8) is 0 Å². The molecule has 3 N–H and O–H groups in total. The second-order valence-electron chi connectivity index (χ2n) is 6.10. The van der Waals surface area contributed by atoms with E-state index in [1.54, 1.807) is 13.2 Å². The standard InChI is InChI=1S/C15H18ClFN4O3S/c1-15(23)4-3-5-18-7(15)6-24-13-8-10(9(17)11(16)20-13)19-14(25-2)21-12(8)22/h7,18,23H,3-6H2,1-2H3,(H,19,21,22). The number of fused-ring (bicyclic) bond motifs is 1.